The molecule has 0 atom stereocenters. The second-order valence-electron chi connectivity index (χ2n) is 3.80. The maximum Gasteiger partial charge on any atom is 0.146 e. The van der Waals surface area contributed by atoms with Crippen LogP contribution in [0, 0.1) is 5.82 Å². The topological polar surface area (TPSA) is 3.24 Å². The molecule has 0 radical (unpaired) electrons. The largest absolute Gasteiger partial charge is 0.367 e. The zero-order valence-corrected chi connectivity index (χ0v) is 10.2. The van der Waals surface area contributed by atoms with Crippen molar-refractivity contribution in [1.29, 1.82) is 0 Å². The van der Waals surface area contributed by atoms with Crippen LogP contribution in [0.5, 0.6) is 0 Å². The lowest BCUT2D eigenvalue weighted by atomic mass is 10.2. The van der Waals surface area contributed by atoms with Gasteiger partial charge in [0.05, 0.1) is 5.69 Å². The van der Waals surface area contributed by atoms with Crippen LogP contribution < -0.4 is 4.90 Å². The molecule has 0 aromatic heterocycles. The molecule has 15 heavy (non-hydrogen) atoms. The molecule has 84 valence electrons. The highest BCUT2D eigenvalue weighted by Gasteiger charge is 2.12. The van der Waals surface area contributed by atoms with Crippen LogP contribution in [-0.4, -0.2) is 12.6 Å². The summed E-state index contributed by atoms with van der Waals surface area (Å²) in [5.74, 6) is 0.161. The number of halogens is 2. The highest BCUT2D eigenvalue weighted by Crippen LogP contribution is 2.22. The van der Waals surface area contributed by atoms with Gasteiger partial charge in [-0.1, -0.05) is 6.07 Å². The molecule has 0 fully saturated rings. The van der Waals surface area contributed by atoms with Gasteiger partial charge in [-0.2, -0.15) is 0 Å². The summed E-state index contributed by atoms with van der Waals surface area (Å²) in [6.07, 6.45) is 0. The standard InChI is InChI=1S/C12H17ClFN/c1-4-15(9(2)3)12-6-5-10(8-13)7-11(12)14/h5-7,9H,4,8H2,1-3H3. The molecule has 0 unspecified atom stereocenters. The molecule has 0 amide bonds. The number of alkyl halides is 1. The lowest BCUT2D eigenvalue weighted by Crippen LogP contribution is -2.31. The Morgan fingerprint density at radius 3 is 2.47 bits per heavy atom. The van der Waals surface area contributed by atoms with Crippen molar-refractivity contribution in [2.24, 2.45) is 0 Å². The van der Waals surface area contributed by atoms with Crippen molar-refractivity contribution in [2.45, 2.75) is 32.7 Å². The summed E-state index contributed by atoms with van der Waals surface area (Å²) in [5, 5.41) is 0. The normalized spacial score (nSPS) is 10.8. The van der Waals surface area contributed by atoms with Gasteiger partial charge < -0.3 is 4.90 Å². The Labute approximate surface area is 95.8 Å². The molecule has 0 aliphatic heterocycles. The quantitative estimate of drug-likeness (QED) is 0.710. The van der Waals surface area contributed by atoms with E-state index in [-0.39, 0.29) is 5.82 Å². The van der Waals surface area contributed by atoms with Crippen LogP contribution in [0.15, 0.2) is 18.2 Å². The van der Waals surface area contributed by atoms with E-state index in [9.17, 15) is 4.39 Å². The number of rotatable bonds is 4. The van der Waals surface area contributed by atoms with Crippen molar-refractivity contribution in [1.82, 2.24) is 0 Å². The van der Waals surface area contributed by atoms with Crippen LogP contribution in [0.3, 0.4) is 0 Å². The highest BCUT2D eigenvalue weighted by molar-refractivity contribution is 6.17. The second-order valence-corrected chi connectivity index (χ2v) is 4.07. The predicted molar refractivity (Wildman–Crippen MR) is 64.1 cm³/mol. The van der Waals surface area contributed by atoms with Crippen LogP contribution >= 0.6 is 11.6 Å². The lowest BCUT2D eigenvalue weighted by Gasteiger charge is -2.28. The molecular weight excluding hydrogens is 213 g/mol. The van der Waals surface area contributed by atoms with Gasteiger partial charge in [-0.15, -0.1) is 11.6 Å². The molecule has 0 saturated heterocycles. The fraction of sp³-hybridized carbons (Fsp3) is 0.500. The number of nitrogens with zero attached hydrogens (tertiary/aromatic N) is 1. The summed E-state index contributed by atoms with van der Waals surface area (Å²) in [5.41, 5.74) is 1.47. The maximum atomic E-state index is 13.7. The van der Waals surface area contributed by atoms with Crippen LogP contribution in [0.4, 0.5) is 10.1 Å². The minimum atomic E-state index is -0.191. The SMILES string of the molecule is CCN(c1ccc(CCl)cc1F)C(C)C. The molecule has 0 bridgehead atoms. The molecule has 0 aliphatic rings. The van der Waals surface area contributed by atoms with Crippen molar-refractivity contribution in [3.05, 3.63) is 29.6 Å². The summed E-state index contributed by atoms with van der Waals surface area (Å²) in [6.45, 7) is 6.93. The molecule has 1 nitrogen and oxygen atoms in total. The van der Waals surface area contributed by atoms with E-state index in [1.54, 1.807) is 6.07 Å². The first kappa shape index (κ1) is 12.3. The first-order valence-corrected chi connectivity index (χ1v) is 5.74. The van der Waals surface area contributed by atoms with E-state index in [1.807, 2.05) is 17.9 Å². The van der Waals surface area contributed by atoms with Gasteiger partial charge in [-0.25, -0.2) is 4.39 Å². The van der Waals surface area contributed by atoms with E-state index in [2.05, 4.69) is 13.8 Å². The van der Waals surface area contributed by atoms with Crippen molar-refractivity contribution in [2.75, 3.05) is 11.4 Å². The third kappa shape index (κ3) is 2.85. The Morgan fingerprint density at radius 1 is 1.40 bits per heavy atom. The first-order valence-electron chi connectivity index (χ1n) is 5.21. The van der Waals surface area contributed by atoms with Gasteiger partial charge in [0, 0.05) is 18.5 Å². The molecule has 3 heteroatoms. The van der Waals surface area contributed by atoms with E-state index in [0.717, 1.165) is 12.1 Å². The Morgan fingerprint density at radius 2 is 2.07 bits per heavy atom. The Bertz CT molecular complexity index is 325. The van der Waals surface area contributed by atoms with E-state index in [4.69, 9.17) is 11.6 Å². The third-order valence-corrected chi connectivity index (χ3v) is 2.75. The molecule has 0 saturated carbocycles. The molecule has 0 N–H and O–H groups in total. The van der Waals surface area contributed by atoms with Gasteiger partial charge in [0.25, 0.3) is 0 Å². The molecule has 0 spiro atoms. The minimum Gasteiger partial charge on any atom is -0.367 e. The maximum absolute atomic E-state index is 13.7. The summed E-state index contributed by atoms with van der Waals surface area (Å²) < 4.78 is 13.7. The zero-order chi connectivity index (χ0) is 11.4. The average Bonchev–Trinajstić information content (AvgIpc) is 2.20. The Kier molecular flexibility index (Phi) is 4.40. The van der Waals surface area contributed by atoms with Gasteiger partial charge in [0.1, 0.15) is 5.82 Å². The van der Waals surface area contributed by atoms with Crippen molar-refractivity contribution >= 4 is 17.3 Å². The number of hydrogen-bond donors (Lipinski definition) is 0. The highest BCUT2D eigenvalue weighted by atomic mass is 35.5. The Hall–Kier alpha value is -0.760. The number of hydrogen-bond acceptors (Lipinski definition) is 1. The molecule has 1 rings (SSSR count). The van der Waals surface area contributed by atoms with Gasteiger partial charge in [0.15, 0.2) is 0 Å². The van der Waals surface area contributed by atoms with Crippen molar-refractivity contribution in [3.8, 4) is 0 Å². The van der Waals surface area contributed by atoms with Crippen LogP contribution in [0.2, 0.25) is 0 Å². The van der Waals surface area contributed by atoms with Crippen LogP contribution in [-0.2, 0) is 5.88 Å². The van der Waals surface area contributed by atoms with E-state index in [1.165, 1.54) is 6.07 Å². The summed E-state index contributed by atoms with van der Waals surface area (Å²) >= 11 is 5.65. The predicted octanol–water partition coefficient (Wildman–Crippen LogP) is 3.80. The molecule has 0 aliphatic carbocycles. The van der Waals surface area contributed by atoms with Gasteiger partial charge >= 0.3 is 0 Å². The summed E-state index contributed by atoms with van der Waals surface area (Å²) in [6, 6.07) is 5.48. The van der Waals surface area contributed by atoms with Crippen molar-refractivity contribution in [3.63, 3.8) is 0 Å². The molecule has 1 aromatic rings. The van der Waals surface area contributed by atoms with Gasteiger partial charge in [-0.05, 0) is 38.5 Å². The monoisotopic (exact) mass is 229 g/mol. The third-order valence-electron chi connectivity index (χ3n) is 2.44. The molecule has 0 heterocycles. The zero-order valence-electron chi connectivity index (χ0n) is 9.43. The smallest absolute Gasteiger partial charge is 0.146 e. The van der Waals surface area contributed by atoms with Crippen molar-refractivity contribution < 1.29 is 4.39 Å². The average molecular weight is 230 g/mol. The Balaban J connectivity index is 3.03. The second kappa shape index (κ2) is 5.36. The fourth-order valence-corrected chi connectivity index (χ4v) is 1.85. The minimum absolute atomic E-state index is 0.191. The van der Waals surface area contributed by atoms with Crippen LogP contribution in [0.25, 0.3) is 0 Å². The molecule has 1 aromatic carbocycles. The first-order chi connectivity index (χ1) is 7.10. The number of anilines is 1. The summed E-state index contributed by atoms with van der Waals surface area (Å²) in [7, 11) is 0. The summed E-state index contributed by atoms with van der Waals surface area (Å²) in [4.78, 5) is 2.02. The number of benzene rings is 1. The lowest BCUT2D eigenvalue weighted by molar-refractivity contribution is 0.603. The van der Waals surface area contributed by atoms with E-state index in [0.29, 0.717) is 17.6 Å². The van der Waals surface area contributed by atoms with Gasteiger partial charge in [0.2, 0.25) is 0 Å². The fourth-order valence-electron chi connectivity index (χ4n) is 1.68. The van der Waals surface area contributed by atoms with E-state index >= 15 is 0 Å². The van der Waals surface area contributed by atoms with Gasteiger partial charge in [-0.3, -0.25) is 0 Å². The van der Waals surface area contributed by atoms with Crippen LogP contribution in [0.1, 0.15) is 26.3 Å². The van der Waals surface area contributed by atoms with E-state index < -0.39 is 0 Å². The molecular formula is C12H17ClFN.